The number of rotatable bonds is 7. The molecule has 7 heteroatoms. The fourth-order valence-electron chi connectivity index (χ4n) is 5.83. The number of esters is 1. The minimum absolute atomic E-state index is 0.106. The molecule has 4 saturated heterocycles. The molecule has 0 aliphatic carbocycles. The molecule has 2 aromatic rings. The second kappa shape index (κ2) is 9.41. The maximum Gasteiger partial charge on any atom is 0.328 e. The van der Waals surface area contributed by atoms with Gasteiger partial charge >= 0.3 is 5.97 Å². The SMILES string of the molecule is O=C(C[N+]12CCC(CC1)C(OC(=O)C(c1ccccc1)N1CCCCC1)C2)c1nccs1. The van der Waals surface area contributed by atoms with Crippen LogP contribution in [0.1, 0.15) is 53.5 Å². The van der Waals surface area contributed by atoms with Gasteiger partial charge in [-0.15, -0.1) is 11.3 Å². The van der Waals surface area contributed by atoms with Gasteiger partial charge in [-0.1, -0.05) is 36.8 Å². The van der Waals surface area contributed by atoms with E-state index in [4.69, 9.17) is 4.74 Å². The number of likely N-dealkylation sites (tertiary alicyclic amines) is 1. The Labute approximate surface area is 193 Å². The number of nitrogens with zero attached hydrogens (tertiary/aromatic N) is 3. The third-order valence-electron chi connectivity index (χ3n) is 7.55. The lowest BCUT2D eigenvalue weighted by atomic mass is 9.83. The normalized spacial score (nSPS) is 28.9. The molecule has 4 aliphatic heterocycles. The fraction of sp³-hybridized carbons (Fsp3) is 0.560. The van der Waals surface area contributed by atoms with E-state index < -0.39 is 0 Å². The van der Waals surface area contributed by atoms with E-state index in [2.05, 4.69) is 9.88 Å². The zero-order chi connectivity index (χ0) is 22.0. The van der Waals surface area contributed by atoms with Crippen LogP contribution in [0.3, 0.4) is 0 Å². The number of benzene rings is 1. The number of thiazole rings is 1. The molecular formula is C25H32N3O3S+. The number of fused-ring (bicyclic) bond motifs is 3. The Bertz CT molecular complexity index is 919. The first kappa shape index (κ1) is 21.7. The van der Waals surface area contributed by atoms with Gasteiger partial charge in [0, 0.05) is 30.3 Å². The minimum Gasteiger partial charge on any atom is -0.455 e. The number of carbonyl (C=O) groups excluding carboxylic acids is 2. The zero-order valence-electron chi connectivity index (χ0n) is 18.5. The molecule has 1 aromatic heterocycles. The van der Waals surface area contributed by atoms with Crippen molar-refractivity contribution in [2.75, 3.05) is 39.3 Å². The summed E-state index contributed by atoms with van der Waals surface area (Å²) in [4.78, 5) is 32.9. The van der Waals surface area contributed by atoms with Crippen molar-refractivity contribution in [2.24, 2.45) is 5.92 Å². The van der Waals surface area contributed by atoms with Crippen LogP contribution < -0.4 is 0 Å². The third-order valence-corrected chi connectivity index (χ3v) is 8.37. The van der Waals surface area contributed by atoms with Gasteiger partial charge in [0.15, 0.2) is 11.1 Å². The number of carbonyl (C=O) groups is 2. The van der Waals surface area contributed by atoms with Gasteiger partial charge in [0.2, 0.25) is 5.78 Å². The van der Waals surface area contributed by atoms with Crippen LogP contribution in [0.5, 0.6) is 0 Å². The van der Waals surface area contributed by atoms with Gasteiger partial charge in [0.05, 0.1) is 13.1 Å². The van der Waals surface area contributed by atoms with Gasteiger partial charge < -0.3 is 9.22 Å². The molecule has 6 nitrogen and oxygen atoms in total. The quantitative estimate of drug-likeness (QED) is 0.363. The molecule has 4 aliphatic rings. The molecule has 2 unspecified atom stereocenters. The van der Waals surface area contributed by atoms with Crippen molar-refractivity contribution in [3.63, 3.8) is 0 Å². The van der Waals surface area contributed by atoms with E-state index in [9.17, 15) is 9.59 Å². The molecule has 2 atom stereocenters. The largest absolute Gasteiger partial charge is 0.455 e. The highest BCUT2D eigenvalue weighted by Crippen LogP contribution is 2.37. The summed E-state index contributed by atoms with van der Waals surface area (Å²) in [6.07, 6.45) is 7.10. The number of quaternary nitrogens is 1. The summed E-state index contributed by atoms with van der Waals surface area (Å²) in [7, 11) is 0. The van der Waals surface area contributed by atoms with E-state index in [0.29, 0.717) is 17.5 Å². The van der Waals surface area contributed by atoms with Gasteiger partial charge in [-0.2, -0.15) is 0 Å². The lowest BCUT2D eigenvalue weighted by Crippen LogP contribution is -2.66. The van der Waals surface area contributed by atoms with Crippen LogP contribution in [0, 0.1) is 5.92 Å². The number of ether oxygens (including phenoxy) is 1. The number of ketones is 1. The van der Waals surface area contributed by atoms with Crippen LogP contribution in [-0.2, 0) is 9.53 Å². The molecule has 32 heavy (non-hydrogen) atoms. The maximum atomic E-state index is 13.6. The summed E-state index contributed by atoms with van der Waals surface area (Å²) in [5.41, 5.74) is 1.02. The Hall–Kier alpha value is -2.09. The van der Waals surface area contributed by atoms with Crippen LogP contribution >= 0.6 is 11.3 Å². The molecule has 0 spiro atoms. The molecule has 4 fully saturated rings. The molecule has 0 radical (unpaired) electrons. The lowest BCUT2D eigenvalue weighted by molar-refractivity contribution is -0.938. The highest BCUT2D eigenvalue weighted by atomic mass is 32.1. The van der Waals surface area contributed by atoms with Crippen LogP contribution in [0.25, 0.3) is 0 Å². The zero-order valence-corrected chi connectivity index (χ0v) is 19.3. The Morgan fingerprint density at radius 3 is 2.56 bits per heavy atom. The van der Waals surface area contributed by atoms with E-state index in [-0.39, 0.29) is 23.9 Å². The Morgan fingerprint density at radius 1 is 1.12 bits per heavy atom. The van der Waals surface area contributed by atoms with Gasteiger partial charge in [-0.3, -0.25) is 9.69 Å². The molecule has 0 N–H and O–H groups in total. The van der Waals surface area contributed by atoms with Crippen molar-refractivity contribution < 1.29 is 18.8 Å². The van der Waals surface area contributed by atoms with Crippen molar-refractivity contribution in [3.8, 4) is 0 Å². The summed E-state index contributed by atoms with van der Waals surface area (Å²) < 4.78 is 7.00. The molecule has 6 rings (SSSR count). The van der Waals surface area contributed by atoms with Crippen molar-refractivity contribution >= 4 is 23.1 Å². The molecule has 2 bridgehead atoms. The van der Waals surface area contributed by atoms with E-state index in [0.717, 1.165) is 68.5 Å². The van der Waals surface area contributed by atoms with Crippen molar-refractivity contribution in [1.82, 2.24) is 9.88 Å². The lowest BCUT2D eigenvalue weighted by Gasteiger charge is -2.51. The molecule has 170 valence electrons. The number of hydrogen-bond donors (Lipinski definition) is 0. The maximum absolute atomic E-state index is 13.6. The first-order chi connectivity index (χ1) is 15.6. The highest BCUT2D eigenvalue weighted by Gasteiger charge is 2.49. The third kappa shape index (κ3) is 4.51. The van der Waals surface area contributed by atoms with Gasteiger partial charge in [-0.05, 0) is 31.5 Å². The van der Waals surface area contributed by atoms with Crippen molar-refractivity contribution in [3.05, 3.63) is 52.5 Å². The average Bonchev–Trinajstić information content (AvgIpc) is 3.37. The number of hydrogen-bond acceptors (Lipinski definition) is 6. The summed E-state index contributed by atoms with van der Waals surface area (Å²) in [6.45, 7) is 5.06. The van der Waals surface area contributed by atoms with E-state index in [1.807, 2.05) is 35.7 Å². The van der Waals surface area contributed by atoms with E-state index in [1.165, 1.54) is 17.8 Å². The van der Waals surface area contributed by atoms with Crippen molar-refractivity contribution in [1.29, 1.82) is 0 Å². The van der Waals surface area contributed by atoms with Gasteiger partial charge in [0.1, 0.15) is 19.1 Å². The summed E-state index contributed by atoms with van der Waals surface area (Å²) in [5.74, 6) is 0.397. The van der Waals surface area contributed by atoms with Gasteiger partial charge in [-0.25, -0.2) is 9.78 Å². The minimum atomic E-state index is -0.336. The summed E-state index contributed by atoms with van der Waals surface area (Å²) in [5, 5.41) is 2.44. The van der Waals surface area contributed by atoms with Crippen molar-refractivity contribution in [2.45, 2.75) is 44.2 Å². The van der Waals surface area contributed by atoms with Crippen LogP contribution in [0.15, 0.2) is 41.9 Å². The first-order valence-electron chi connectivity index (χ1n) is 11.9. The number of piperidine rings is 4. The highest BCUT2D eigenvalue weighted by molar-refractivity contribution is 7.11. The smallest absolute Gasteiger partial charge is 0.328 e. The number of aromatic nitrogens is 1. The average molecular weight is 455 g/mol. The topological polar surface area (TPSA) is 59.5 Å². The van der Waals surface area contributed by atoms with Crippen LogP contribution in [-0.4, -0.2) is 71.5 Å². The van der Waals surface area contributed by atoms with Crippen LogP contribution in [0.4, 0.5) is 0 Å². The predicted molar refractivity (Wildman–Crippen MR) is 123 cm³/mol. The second-order valence-corrected chi connectivity index (χ2v) is 10.5. The van der Waals surface area contributed by atoms with E-state index in [1.54, 1.807) is 6.20 Å². The Kier molecular flexibility index (Phi) is 6.40. The Morgan fingerprint density at radius 2 is 1.88 bits per heavy atom. The monoisotopic (exact) mass is 454 g/mol. The molecule has 0 amide bonds. The molecule has 0 saturated carbocycles. The standard InChI is InChI=1S/C25H32N3O3S/c29-21(24-26-11-16-32-24)17-28-14-9-19(10-15-28)22(18-28)31-25(30)23(20-7-3-1-4-8-20)27-12-5-2-6-13-27/h1,3-4,7-8,11,16,19,22-23H,2,5-6,9-10,12-15,17-18H2/q+1. The molecule has 5 heterocycles. The Balaban J connectivity index is 1.31. The van der Waals surface area contributed by atoms with E-state index >= 15 is 0 Å². The molecule has 1 aromatic carbocycles. The number of Topliss-reactive ketones (excluding diaryl/α,β-unsaturated/α-hetero) is 1. The molecular weight excluding hydrogens is 422 g/mol. The summed E-state index contributed by atoms with van der Waals surface area (Å²) >= 11 is 1.41. The van der Waals surface area contributed by atoms with Crippen LogP contribution in [0.2, 0.25) is 0 Å². The first-order valence-corrected chi connectivity index (χ1v) is 12.8. The summed E-state index contributed by atoms with van der Waals surface area (Å²) in [6, 6.07) is 9.73. The predicted octanol–water partition coefficient (Wildman–Crippen LogP) is 3.71. The fourth-order valence-corrected chi connectivity index (χ4v) is 6.40. The van der Waals surface area contributed by atoms with Gasteiger partial charge in [0.25, 0.3) is 0 Å². The second-order valence-electron chi connectivity index (χ2n) is 9.61.